The fourth-order valence-electron chi connectivity index (χ4n) is 2.19. The third-order valence-corrected chi connectivity index (χ3v) is 5.60. The maximum atomic E-state index is 11.2. The Morgan fingerprint density at radius 1 is 1.21 bits per heavy atom. The zero-order valence-electron chi connectivity index (χ0n) is 11.9. The summed E-state index contributed by atoms with van der Waals surface area (Å²) in [7, 11) is 0. The summed E-state index contributed by atoms with van der Waals surface area (Å²) in [5.74, 6) is 0.645. The van der Waals surface area contributed by atoms with Crippen LogP contribution < -0.4 is 4.87 Å². The summed E-state index contributed by atoms with van der Waals surface area (Å²) >= 11 is 5.94. The van der Waals surface area contributed by atoms with Crippen LogP contribution in [0.1, 0.15) is 21.7 Å². The molecular weight excluding hydrogens is 416 g/mol. The van der Waals surface area contributed by atoms with Crippen LogP contribution in [-0.2, 0) is 12.8 Å². The van der Waals surface area contributed by atoms with Crippen LogP contribution in [-0.4, -0.2) is 25.3 Å². The van der Waals surface area contributed by atoms with Gasteiger partial charge in [-0.3, -0.25) is 9.78 Å². The molecule has 4 rings (SSSR count). The number of benzene rings is 1. The molecule has 7 nitrogen and oxygen atoms in total. The molecule has 0 amide bonds. The fraction of sp³-hybridized carbons (Fsp3) is 0.143. The Morgan fingerprint density at radius 3 is 2.75 bits per heavy atom. The van der Waals surface area contributed by atoms with Gasteiger partial charge in [0.05, 0.1) is 27.9 Å². The van der Waals surface area contributed by atoms with E-state index in [2.05, 4.69) is 36.1 Å². The minimum atomic E-state index is -0.317. The van der Waals surface area contributed by atoms with Crippen LogP contribution in [0.3, 0.4) is 0 Å². The summed E-state index contributed by atoms with van der Waals surface area (Å²) in [5.41, 5.74) is 0.931. The van der Waals surface area contributed by atoms with Crippen LogP contribution in [0.2, 0.25) is 0 Å². The largest absolute Gasteiger partial charge is 0.494 e. The lowest BCUT2D eigenvalue weighted by molar-refractivity contribution is 0.440. The molecule has 3 heterocycles. The van der Waals surface area contributed by atoms with Gasteiger partial charge in [-0.1, -0.05) is 27.3 Å². The number of aromatic amines is 1. The topological polar surface area (TPSA) is 105 Å². The van der Waals surface area contributed by atoms with Gasteiger partial charge in [-0.15, -0.1) is 21.5 Å². The monoisotopic (exact) mass is 424 g/mol. The van der Waals surface area contributed by atoms with Gasteiger partial charge in [-0.2, -0.15) is 0 Å². The van der Waals surface area contributed by atoms with E-state index in [0.717, 1.165) is 31.0 Å². The van der Waals surface area contributed by atoms with Crippen molar-refractivity contribution in [3.63, 3.8) is 0 Å². The van der Waals surface area contributed by atoms with E-state index in [1.807, 2.05) is 18.2 Å². The number of rotatable bonds is 4. The average molecular weight is 425 g/mol. The summed E-state index contributed by atoms with van der Waals surface area (Å²) in [5, 5.41) is 18.4. The summed E-state index contributed by atoms with van der Waals surface area (Å²) in [6, 6.07) is 5.92. The Hall–Kier alpha value is -2.04. The zero-order valence-corrected chi connectivity index (χ0v) is 15.2. The van der Waals surface area contributed by atoms with Crippen molar-refractivity contribution in [1.29, 1.82) is 0 Å². The predicted molar refractivity (Wildman–Crippen MR) is 93.8 cm³/mol. The van der Waals surface area contributed by atoms with Crippen LogP contribution in [0.4, 0.5) is 0 Å². The van der Waals surface area contributed by atoms with Gasteiger partial charge in [-0.05, 0) is 18.2 Å². The van der Waals surface area contributed by atoms with Gasteiger partial charge in [0, 0.05) is 4.47 Å². The van der Waals surface area contributed by atoms with Crippen molar-refractivity contribution in [2.24, 2.45) is 0 Å². The number of hydrogen-bond donors (Lipinski definition) is 2. The number of halogens is 1. The first-order valence-corrected chi connectivity index (χ1v) is 9.26. The molecule has 1 aromatic carbocycles. The SMILES string of the molecule is O=c1[nH]c(O)c(Cc2nnc(Cc3nc4ccc(Br)cc4s3)o2)s1. The molecule has 0 saturated carbocycles. The number of H-pyrrole nitrogens is 1. The highest BCUT2D eigenvalue weighted by atomic mass is 79.9. The van der Waals surface area contributed by atoms with E-state index >= 15 is 0 Å². The molecule has 0 spiro atoms. The van der Waals surface area contributed by atoms with Crippen molar-refractivity contribution >= 4 is 48.8 Å². The van der Waals surface area contributed by atoms with E-state index in [1.54, 1.807) is 11.3 Å². The third kappa shape index (κ3) is 3.12. The van der Waals surface area contributed by atoms with Crippen LogP contribution in [0.15, 0.2) is 31.9 Å². The Kier molecular flexibility index (Phi) is 3.94. The first-order valence-electron chi connectivity index (χ1n) is 6.84. The van der Waals surface area contributed by atoms with Gasteiger partial charge in [0.2, 0.25) is 17.7 Å². The molecule has 24 heavy (non-hydrogen) atoms. The standard InChI is InChI=1S/C14H9BrN4O3S2/c15-6-1-2-7-8(3-6)23-12(16-7)5-11-19-18-10(22-11)4-9-13(20)17-14(21)24-9/h1-3,20H,4-5H2,(H,17,21). The Balaban J connectivity index is 1.53. The van der Waals surface area contributed by atoms with Crippen molar-refractivity contribution in [2.45, 2.75) is 12.8 Å². The quantitative estimate of drug-likeness (QED) is 0.521. The van der Waals surface area contributed by atoms with E-state index in [9.17, 15) is 9.90 Å². The number of hydrogen-bond acceptors (Lipinski definition) is 8. The van der Waals surface area contributed by atoms with E-state index < -0.39 is 0 Å². The first-order chi connectivity index (χ1) is 11.6. The molecule has 0 fully saturated rings. The number of thiazole rings is 2. The lowest BCUT2D eigenvalue weighted by atomic mass is 10.3. The minimum Gasteiger partial charge on any atom is -0.494 e. The molecule has 0 aliphatic heterocycles. The Morgan fingerprint density at radius 2 is 2.00 bits per heavy atom. The molecule has 0 unspecified atom stereocenters. The molecule has 0 bridgehead atoms. The average Bonchev–Trinajstić information content (AvgIpc) is 3.19. The molecule has 2 N–H and O–H groups in total. The molecule has 10 heteroatoms. The second-order valence-corrected chi connectivity index (χ2v) is 8.05. The lowest BCUT2D eigenvalue weighted by Crippen LogP contribution is -1.89. The summed E-state index contributed by atoms with van der Waals surface area (Å²) in [4.78, 5) is 18.2. The second-order valence-electron chi connectivity index (χ2n) is 4.95. The molecular formula is C14H9BrN4O3S2. The minimum absolute atomic E-state index is 0.151. The van der Waals surface area contributed by atoms with Gasteiger partial charge < -0.3 is 9.52 Å². The van der Waals surface area contributed by atoms with E-state index in [-0.39, 0.29) is 17.2 Å². The van der Waals surface area contributed by atoms with Crippen molar-refractivity contribution in [3.8, 4) is 5.88 Å². The molecule has 0 aliphatic carbocycles. The van der Waals surface area contributed by atoms with E-state index in [0.29, 0.717) is 23.1 Å². The predicted octanol–water partition coefficient (Wildman–Crippen LogP) is 3.08. The Bertz CT molecular complexity index is 1080. The molecule has 0 atom stereocenters. The van der Waals surface area contributed by atoms with Crippen LogP contribution in [0, 0.1) is 0 Å². The number of aromatic nitrogens is 4. The van der Waals surface area contributed by atoms with Gasteiger partial charge in [0.1, 0.15) is 5.01 Å². The first kappa shape index (κ1) is 15.5. The van der Waals surface area contributed by atoms with Crippen molar-refractivity contribution < 1.29 is 9.52 Å². The maximum absolute atomic E-state index is 11.2. The summed E-state index contributed by atoms with van der Waals surface area (Å²) in [6.07, 6.45) is 0.661. The van der Waals surface area contributed by atoms with E-state index in [4.69, 9.17) is 4.42 Å². The molecule has 0 radical (unpaired) electrons. The number of nitrogens with one attached hydrogen (secondary N) is 1. The van der Waals surface area contributed by atoms with Crippen molar-refractivity contribution in [1.82, 2.24) is 20.2 Å². The normalized spacial score (nSPS) is 11.4. The second kappa shape index (κ2) is 6.11. The summed E-state index contributed by atoms with van der Waals surface area (Å²) < 4.78 is 7.68. The highest BCUT2D eigenvalue weighted by molar-refractivity contribution is 9.10. The highest BCUT2D eigenvalue weighted by Gasteiger charge is 2.14. The summed E-state index contributed by atoms with van der Waals surface area (Å²) in [6.45, 7) is 0. The number of fused-ring (bicyclic) bond motifs is 1. The van der Waals surface area contributed by atoms with Crippen molar-refractivity contribution in [3.05, 3.63) is 54.0 Å². The smallest absolute Gasteiger partial charge is 0.307 e. The van der Waals surface area contributed by atoms with Gasteiger partial charge in [0.25, 0.3) is 0 Å². The van der Waals surface area contributed by atoms with Crippen LogP contribution in [0.25, 0.3) is 10.2 Å². The molecule has 122 valence electrons. The van der Waals surface area contributed by atoms with E-state index in [1.165, 1.54) is 0 Å². The molecule has 0 aliphatic rings. The maximum Gasteiger partial charge on any atom is 0.307 e. The highest BCUT2D eigenvalue weighted by Crippen LogP contribution is 2.27. The van der Waals surface area contributed by atoms with Crippen molar-refractivity contribution in [2.75, 3.05) is 0 Å². The molecule has 3 aromatic heterocycles. The van der Waals surface area contributed by atoms with Gasteiger partial charge in [-0.25, -0.2) is 4.98 Å². The zero-order chi connectivity index (χ0) is 16.7. The van der Waals surface area contributed by atoms with Gasteiger partial charge in [0.15, 0.2) is 0 Å². The molecule has 4 aromatic rings. The van der Waals surface area contributed by atoms with Crippen LogP contribution in [0.5, 0.6) is 5.88 Å². The lowest BCUT2D eigenvalue weighted by Gasteiger charge is -1.92. The van der Waals surface area contributed by atoms with Crippen LogP contribution >= 0.6 is 38.6 Å². The number of aromatic hydroxyl groups is 1. The Labute approximate surface area is 151 Å². The van der Waals surface area contributed by atoms with Gasteiger partial charge >= 0.3 is 4.87 Å². The fourth-order valence-corrected chi connectivity index (χ4v) is 4.42. The number of nitrogens with zero attached hydrogens (tertiary/aromatic N) is 3. The third-order valence-electron chi connectivity index (χ3n) is 3.22. The molecule has 0 saturated heterocycles.